The summed E-state index contributed by atoms with van der Waals surface area (Å²) >= 11 is 0. The van der Waals surface area contributed by atoms with Crippen LogP contribution in [0.3, 0.4) is 0 Å². The van der Waals surface area contributed by atoms with Crippen molar-refractivity contribution in [3.05, 3.63) is 194 Å². The van der Waals surface area contributed by atoms with E-state index in [4.69, 9.17) is 14.2 Å². The van der Waals surface area contributed by atoms with Gasteiger partial charge in [0.05, 0.1) is 54.5 Å². The summed E-state index contributed by atoms with van der Waals surface area (Å²) < 4.78 is 139. The van der Waals surface area contributed by atoms with Crippen molar-refractivity contribution in [3.63, 3.8) is 0 Å². The van der Waals surface area contributed by atoms with Gasteiger partial charge in [-0.15, -0.1) is 0 Å². The number of nitrogens with zero attached hydrogens (tertiary/aromatic N) is 6. The third kappa shape index (κ3) is 20.9. The number of hydrogen-bond acceptors (Lipinski definition) is 12. The number of alkyl halides is 9. The monoisotopic (exact) mass is 1460 g/mol. The first-order valence-electron chi connectivity index (χ1n) is 36.9. The van der Waals surface area contributed by atoms with Gasteiger partial charge in [-0.3, -0.25) is 29.4 Å². The van der Waals surface area contributed by atoms with Crippen molar-refractivity contribution >= 4 is 5.97 Å². The maximum atomic E-state index is 13.5. The van der Waals surface area contributed by atoms with Crippen molar-refractivity contribution < 1.29 is 73.8 Å². The van der Waals surface area contributed by atoms with Crippen LogP contribution in [0.4, 0.5) is 39.5 Å². The maximum Gasteiger partial charge on any atom is 0.401 e. The third-order valence-electron chi connectivity index (χ3n) is 21.7. The summed E-state index contributed by atoms with van der Waals surface area (Å²) in [6.45, 7) is 27.1. The Morgan fingerprint density at radius 1 is 0.413 bits per heavy atom. The molecule has 12 rings (SSSR count). The first-order valence-corrected chi connectivity index (χ1v) is 36.9. The molecular weight excluding hydrogens is 1350 g/mol. The Labute approximate surface area is 607 Å². The Morgan fingerprint density at radius 3 is 0.933 bits per heavy atom. The lowest BCUT2D eigenvalue weighted by Gasteiger charge is -2.43. The van der Waals surface area contributed by atoms with Crippen molar-refractivity contribution in [1.82, 2.24) is 29.4 Å². The van der Waals surface area contributed by atoms with Crippen LogP contribution in [0.15, 0.2) is 127 Å². The molecule has 13 nitrogen and oxygen atoms in total. The second kappa shape index (κ2) is 33.6. The fourth-order valence-electron chi connectivity index (χ4n) is 15.6. The topological polar surface area (TPSA) is 125 Å². The van der Waals surface area contributed by atoms with E-state index in [1.54, 1.807) is 58.9 Å². The predicted molar refractivity (Wildman–Crippen MR) is 387 cm³/mol. The van der Waals surface area contributed by atoms with Crippen LogP contribution in [0.5, 0.6) is 17.2 Å². The van der Waals surface area contributed by atoms with Crippen molar-refractivity contribution in [1.29, 1.82) is 0 Å². The summed E-state index contributed by atoms with van der Waals surface area (Å²) in [7, 11) is 0. The van der Waals surface area contributed by atoms with E-state index in [2.05, 4.69) is 35.5 Å². The average Bonchev–Trinajstić information content (AvgIpc) is 0.776. The third-order valence-corrected chi connectivity index (χ3v) is 21.7. The van der Waals surface area contributed by atoms with Crippen LogP contribution in [-0.2, 0) is 30.5 Å². The Kier molecular flexibility index (Phi) is 25.8. The van der Waals surface area contributed by atoms with E-state index in [9.17, 15) is 59.6 Å². The Bertz CT molecular complexity index is 3610. The van der Waals surface area contributed by atoms with Gasteiger partial charge < -0.3 is 29.5 Å². The van der Waals surface area contributed by atoms with Gasteiger partial charge in [0, 0.05) is 77.0 Å². The molecule has 568 valence electrons. The van der Waals surface area contributed by atoms with E-state index < -0.39 is 79.5 Å². The van der Waals surface area contributed by atoms with Gasteiger partial charge in [-0.1, -0.05) is 119 Å². The van der Waals surface area contributed by atoms with Gasteiger partial charge in [0.25, 0.3) is 0 Å². The molecular formula is C82H105F9N6O7. The van der Waals surface area contributed by atoms with Gasteiger partial charge in [-0.2, -0.15) is 39.5 Å². The molecule has 0 saturated carbocycles. The van der Waals surface area contributed by atoms with Gasteiger partial charge in [0.2, 0.25) is 0 Å². The second-order valence-electron chi connectivity index (χ2n) is 30.7. The molecule has 6 aromatic carbocycles. The van der Waals surface area contributed by atoms with Gasteiger partial charge in [-0.05, 0) is 195 Å². The van der Waals surface area contributed by atoms with Crippen LogP contribution in [0, 0.1) is 17.8 Å². The van der Waals surface area contributed by atoms with E-state index in [0.29, 0.717) is 50.4 Å². The number of aromatic carboxylic acids is 1. The molecule has 0 aromatic heterocycles. The van der Waals surface area contributed by atoms with Gasteiger partial charge in [0.15, 0.2) is 0 Å². The number of carboxylic acids is 1. The molecule has 6 heterocycles. The van der Waals surface area contributed by atoms with E-state index in [1.807, 2.05) is 111 Å². The van der Waals surface area contributed by atoms with E-state index in [-0.39, 0.29) is 17.6 Å². The minimum Gasteiger partial charge on any atom is -0.492 e. The van der Waals surface area contributed by atoms with Crippen molar-refractivity contribution in [2.75, 3.05) is 98.4 Å². The Hall–Kier alpha value is -6.76. The Morgan fingerprint density at radius 2 is 0.683 bits per heavy atom. The molecule has 6 aliphatic rings. The summed E-state index contributed by atoms with van der Waals surface area (Å²) in [5.74, 6) is 3.48. The first kappa shape index (κ1) is 79.8. The molecule has 104 heavy (non-hydrogen) atoms. The number of fused-ring (bicyclic) bond motifs is 3. The van der Waals surface area contributed by atoms with E-state index >= 15 is 0 Å². The number of halogens is 9. The zero-order valence-corrected chi connectivity index (χ0v) is 61.7. The van der Waals surface area contributed by atoms with Crippen LogP contribution in [0.1, 0.15) is 178 Å². The molecule has 6 atom stereocenters. The molecule has 0 unspecified atom stereocenters. The van der Waals surface area contributed by atoms with Gasteiger partial charge >= 0.3 is 24.5 Å². The number of aliphatic hydroxyl groups is 2. The predicted octanol–water partition coefficient (Wildman–Crippen LogP) is 16.1. The van der Waals surface area contributed by atoms with Crippen molar-refractivity contribution in [3.8, 4) is 17.2 Å². The Balaban J connectivity index is 0.000000167. The van der Waals surface area contributed by atoms with Crippen LogP contribution in [0.25, 0.3) is 0 Å². The second-order valence-corrected chi connectivity index (χ2v) is 30.7. The lowest BCUT2D eigenvalue weighted by molar-refractivity contribution is -0.156. The first-order chi connectivity index (χ1) is 49.0. The quantitative estimate of drug-likeness (QED) is 0.0499. The van der Waals surface area contributed by atoms with E-state index in [1.165, 1.54) is 40.0 Å². The highest BCUT2D eigenvalue weighted by Crippen LogP contribution is 2.45. The number of carbonyl (C=O) groups is 1. The maximum absolute atomic E-state index is 13.5. The molecule has 0 amide bonds. The zero-order chi connectivity index (χ0) is 75.2. The molecule has 22 heteroatoms. The summed E-state index contributed by atoms with van der Waals surface area (Å²) in [4.78, 5) is 23.0. The number of rotatable bonds is 24. The molecule has 6 aliphatic heterocycles. The summed E-state index contributed by atoms with van der Waals surface area (Å²) in [5, 5.41) is 30.2. The molecule has 0 radical (unpaired) electrons. The van der Waals surface area contributed by atoms with Crippen LogP contribution in [-0.4, -0.2) is 186 Å². The number of ether oxygens (including phenoxy) is 3. The van der Waals surface area contributed by atoms with Crippen molar-refractivity contribution in [2.45, 2.75) is 174 Å². The SMILES string of the molecule is CCC1CN(CCOc2ccc([C@@H]3c4ccc(C(C)(C)O)cc4C[C@@H](C)N3CC(F)(F)F)cc2)C1.CCC1CN(CCOc2ccc([C@H]3c4ccc(C(=O)O)cc4C[C@H](C)N3CC(F)(F)F)cc2)C1.CCC1CN(CCOc2ccc([C@H]3c4ccc(C(C)(C)O)cc4C[C@H](C)N3CC(F)(F)F)cc2)C1. The van der Waals surface area contributed by atoms with Gasteiger partial charge in [0.1, 0.15) is 37.1 Å². The molecule has 3 fully saturated rings. The fourth-order valence-corrected chi connectivity index (χ4v) is 15.6. The highest BCUT2D eigenvalue weighted by molar-refractivity contribution is 5.88. The van der Waals surface area contributed by atoms with Crippen LogP contribution >= 0.6 is 0 Å². The van der Waals surface area contributed by atoms with E-state index in [0.717, 1.165) is 144 Å². The molecule has 3 saturated heterocycles. The molecule has 0 spiro atoms. The largest absolute Gasteiger partial charge is 0.492 e. The van der Waals surface area contributed by atoms with Gasteiger partial charge in [-0.25, -0.2) is 4.79 Å². The van der Waals surface area contributed by atoms with Crippen LogP contribution < -0.4 is 14.2 Å². The highest BCUT2D eigenvalue weighted by Gasteiger charge is 2.45. The number of hydrogen-bond donors (Lipinski definition) is 3. The highest BCUT2D eigenvalue weighted by atomic mass is 19.4. The van der Waals surface area contributed by atoms with Crippen molar-refractivity contribution in [2.24, 2.45) is 17.8 Å². The average molecular weight is 1460 g/mol. The number of likely N-dealkylation sites (tertiary alicyclic amines) is 3. The lowest BCUT2D eigenvalue weighted by atomic mass is 9.82. The lowest BCUT2D eigenvalue weighted by Crippen LogP contribution is -2.47. The summed E-state index contributed by atoms with van der Waals surface area (Å²) in [6, 6.07) is 35.5. The molecule has 6 aromatic rings. The van der Waals surface area contributed by atoms with Crippen LogP contribution in [0.2, 0.25) is 0 Å². The fraction of sp³-hybridized carbons (Fsp3) is 0.549. The minimum absolute atomic E-state index is 0.144. The standard InChI is InChI=1S/2C28H37F3N2O2.C26H31F3N2O3/c2*1-5-20-16-32(17-20)12-13-35-24-9-6-21(7-10-24)26-25-11-8-23(27(3,4)34)15-22(25)14-19(2)33(26)18-28(29,30)31;1-3-18-14-30(15-18)10-11-34-22-7-4-19(5-8-22)24-23-9-6-20(25(32)33)13-21(23)12-17(2)31(24)16-26(27,28)29/h2*6-11,15,19-20,26,34H,5,12-14,16-18H2,1-4H3;4-9,13,17-18,24H,3,10-12,14-16H2,1-2H3,(H,32,33)/t2*19-,26-;17-,24-/m100/s1. The number of carboxylic acid groups (broad SMARTS) is 1. The molecule has 0 bridgehead atoms. The minimum atomic E-state index is -4.35. The molecule has 3 N–H and O–H groups in total. The summed E-state index contributed by atoms with van der Waals surface area (Å²) in [6.07, 6.45) is -7.95. The molecule has 0 aliphatic carbocycles. The zero-order valence-electron chi connectivity index (χ0n) is 61.7. The summed E-state index contributed by atoms with van der Waals surface area (Å²) in [5.41, 5.74) is 7.16. The normalized spacial score (nSPS) is 21.9. The smallest absolute Gasteiger partial charge is 0.401 e. The number of benzene rings is 6.